The van der Waals surface area contributed by atoms with Crippen LogP contribution < -0.4 is 10.3 Å². The molecular formula is C11H16N2O3. The van der Waals surface area contributed by atoms with Gasteiger partial charge in [0.2, 0.25) is 5.88 Å². The highest BCUT2D eigenvalue weighted by molar-refractivity contribution is 5.08. The van der Waals surface area contributed by atoms with Crippen LogP contribution in [0, 0.1) is 12.8 Å². The predicted octanol–water partition coefficient (Wildman–Crippen LogP) is 0.884. The zero-order chi connectivity index (χ0) is 11.4. The molecule has 1 N–H and O–H groups in total. The van der Waals surface area contributed by atoms with Crippen molar-refractivity contribution in [2.45, 2.75) is 19.8 Å². The smallest absolute Gasteiger partial charge is 0.254 e. The molecule has 0 aliphatic carbocycles. The largest absolute Gasteiger partial charge is 0.477 e. The first-order valence-electron chi connectivity index (χ1n) is 5.52. The van der Waals surface area contributed by atoms with Crippen molar-refractivity contribution in [3.8, 4) is 5.88 Å². The lowest BCUT2D eigenvalue weighted by Gasteiger charge is -2.21. The van der Waals surface area contributed by atoms with Gasteiger partial charge in [0, 0.05) is 13.2 Å². The van der Waals surface area contributed by atoms with Gasteiger partial charge in [-0.05, 0) is 25.7 Å². The fourth-order valence-electron chi connectivity index (χ4n) is 1.74. The number of ether oxygens (including phenoxy) is 2. The van der Waals surface area contributed by atoms with E-state index in [0.29, 0.717) is 24.2 Å². The third-order valence-corrected chi connectivity index (χ3v) is 2.64. The molecule has 2 rings (SSSR count). The molecule has 0 saturated carbocycles. The quantitative estimate of drug-likeness (QED) is 0.828. The van der Waals surface area contributed by atoms with E-state index in [1.54, 1.807) is 6.92 Å². The molecule has 0 bridgehead atoms. The second-order valence-corrected chi connectivity index (χ2v) is 4.04. The molecule has 1 aromatic rings. The number of H-pyrrole nitrogens is 1. The Morgan fingerprint density at radius 3 is 3.00 bits per heavy atom. The number of aromatic nitrogens is 2. The maximum absolute atomic E-state index is 11.2. The minimum absolute atomic E-state index is 0.172. The Balaban J connectivity index is 1.90. The summed E-state index contributed by atoms with van der Waals surface area (Å²) >= 11 is 0. The maximum Gasteiger partial charge on any atom is 0.254 e. The summed E-state index contributed by atoms with van der Waals surface area (Å²) < 4.78 is 10.8. The Hall–Kier alpha value is -1.36. The molecular weight excluding hydrogens is 208 g/mol. The van der Waals surface area contributed by atoms with E-state index in [-0.39, 0.29) is 5.56 Å². The highest BCUT2D eigenvalue weighted by atomic mass is 16.5. The number of nitrogens with zero attached hydrogens (tertiary/aromatic N) is 1. The van der Waals surface area contributed by atoms with Gasteiger partial charge in [-0.3, -0.25) is 4.79 Å². The third kappa shape index (κ3) is 3.06. The van der Waals surface area contributed by atoms with Crippen LogP contribution >= 0.6 is 0 Å². The van der Waals surface area contributed by atoms with Crippen LogP contribution in [0.15, 0.2) is 10.9 Å². The number of nitrogens with one attached hydrogen (secondary N) is 1. The molecule has 0 unspecified atom stereocenters. The van der Waals surface area contributed by atoms with E-state index in [4.69, 9.17) is 9.47 Å². The van der Waals surface area contributed by atoms with E-state index in [2.05, 4.69) is 9.97 Å². The van der Waals surface area contributed by atoms with E-state index >= 15 is 0 Å². The third-order valence-electron chi connectivity index (χ3n) is 2.64. The first-order chi connectivity index (χ1) is 7.74. The summed E-state index contributed by atoms with van der Waals surface area (Å²) in [5.74, 6) is 1.50. The summed E-state index contributed by atoms with van der Waals surface area (Å²) in [7, 11) is 0. The molecule has 5 nitrogen and oxygen atoms in total. The second kappa shape index (κ2) is 5.12. The van der Waals surface area contributed by atoms with Gasteiger partial charge in [-0.15, -0.1) is 0 Å². The van der Waals surface area contributed by atoms with Gasteiger partial charge >= 0.3 is 0 Å². The fourth-order valence-corrected chi connectivity index (χ4v) is 1.74. The molecule has 0 radical (unpaired) electrons. The van der Waals surface area contributed by atoms with Crippen LogP contribution in [-0.4, -0.2) is 29.8 Å². The molecule has 1 aliphatic rings. The first kappa shape index (κ1) is 11.1. The van der Waals surface area contributed by atoms with Crippen LogP contribution in [0.2, 0.25) is 0 Å². The minimum atomic E-state index is -0.172. The Morgan fingerprint density at radius 2 is 2.31 bits per heavy atom. The molecule has 88 valence electrons. The average molecular weight is 224 g/mol. The number of hydrogen-bond donors (Lipinski definition) is 1. The Kier molecular flexibility index (Phi) is 3.56. The van der Waals surface area contributed by atoms with Gasteiger partial charge in [-0.25, -0.2) is 4.98 Å². The molecule has 0 atom stereocenters. The highest BCUT2D eigenvalue weighted by Gasteiger charge is 2.14. The predicted molar refractivity (Wildman–Crippen MR) is 58.6 cm³/mol. The molecule has 1 aromatic heterocycles. The maximum atomic E-state index is 11.2. The number of aryl methyl sites for hydroxylation is 1. The van der Waals surface area contributed by atoms with Crippen LogP contribution in [0.5, 0.6) is 5.88 Å². The van der Waals surface area contributed by atoms with Crippen LogP contribution in [0.4, 0.5) is 0 Å². The molecule has 0 spiro atoms. The van der Waals surface area contributed by atoms with Crippen molar-refractivity contribution >= 4 is 0 Å². The summed E-state index contributed by atoms with van der Waals surface area (Å²) in [6.45, 7) is 3.95. The van der Waals surface area contributed by atoms with Crippen molar-refractivity contribution in [2.75, 3.05) is 19.8 Å². The van der Waals surface area contributed by atoms with Gasteiger partial charge in [0.15, 0.2) is 0 Å². The fraction of sp³-hybridized carbons (Fsp3) is 0.636. The molecule has 5 heteroatoms. The van der Waals surface area contributed by atoms with Gasteiger partial charge in [0.05, 0.1) is 12.7 Å². The van der Waals surface area contributed by atoms with E-state index in [1.165, 1.54) is 6.07 Å². The zero-order valence-corrected chi connectivity index (χ0v) is 9.36. The van der Waals surface area contributed by atoms with Crippen molar-refractivity contribution in [3.63, 3.8) is 0 Å². The lowest BCUT2D eigenvalue weighted by atomic mass is 10.0. The molecule has 2 heterocycles. The molecule has 0 aromatic carbocycles. The molecule has 0 amide bonds. The standard InChI is InChI=1S/C11H16N2O3/c1-8-12-10(14)6-11(13-8)16-7-9-2-4-15-5-3-9/h6,9H,2-5,7H2,1H3,(H,12,13,14). The van der Waals surface area contributed by atoms with Crippen molar-refractivity contribution in [1.82, 2.24) is 9.97 Å². The molecule has 1 aliphatic heterocycles. The average Bonchev–Trinajstić information content (AvgIpc) is 2.27. The van der Waals surface area contributed by atoms with Gasteiger partial charge in [0.25, 0.3) is 5.56 Å². The molecule has 1 saturated heterocycles. The van der Waals surface area contributed by atoms with Crippen molar-refractivity contribution < 1.29 is 9.47 Å². The van der Waals surface area contributed by atoms with Crippen molar-refractivity contribution in [2.24, 2.45) is 5.92 Å². The molecule has 1 fully saturated rings. The summed E-state index contributed by atoms with van der Waals surface area (Å²) in [6, 6.07) is 1.38. The van der Waals surface area contributed by atoms with E-state index in [1.807, 2.05) is 0 Å². The summed E-state index contributed by atoms with van der Waals surface area (Å²) in [5, 5.41) is 0. The minimum Gasteiger partial charge on any atom is -0.477 e. The van der Waals surface area contributed by atoms with Crippen LogP contribution in [0.3, 0.4) is 0 Å². The monoisotopic (exact) mass is 224 g/mol. The van der Waals surface area contributed by atoms with E-state index in [9.17, 15) is 4.79 Å². The van der Waals surface area contributed by atoms with Crippen LogP contribution in [0.25, 0.3) is 0 Å². The second-order valence-electron chi connectivity index (χ2n) is 4.04. The summed E-state index contributed by atoms with van der Waals surface area (Å²) in [4.78, 5) is 17.9. The number of hydrogen-bond acceptors (Lipinski definition) is 4. The number of aromatic amines is 1. The normalized spacial score (nSPS) is 17.3. The van der Waals surface area contributed by atoms with Gasteiger partial charge in [-0.2, -0.15) is 0 Å². The highest BCUT2D eigenvalue weighted by Crippen LogP contribution is 2.15. The zero-order valence-electron chi connectivity index (χ0n) is 9.36. The lowest BCUT2D eigenvalue weighted by Crippen LogP contribution is -2.22. The summed E-state index contributed by atoms with van der Waals surface area (Å²) in [5.41, 5.74) is -0.172. The van der Waals surface area contributed by atoms with Crippen molar-refractivity contribution in [3.05, 3.63) is 22.2 Å². The van der Waals surface area contributed by atoms with Gasteiger partial charge < -0.3 is 14.5 Å². The van der Waals surface area contributed by atoms with E-state index in [0.717, 1.165) is 26.1 Å². The Labute approximate surface area is 93.8 Å². The van der Waals surface area contributed by atoms with Crippen LogP contribution in [0.1, 0.15) is 18.7 Å². The Bertz CT molecular complexity index is 396. The van der Waals surface area contributed by atoms with Gasteiger partial charge in [0.1, 0.15) is 5.82 Å². The lowest BCUT2D eigenvalue weighted by molar-refractivity contribution is 0.0490. The van der Waals surface area contributed by atoms with Crippen LogP contribution in [-0.2, 0) is 4.74 Å². The Morgan fingerprint density at radius 1 is 1.56 bits per heavy atom. The number of rotatable bonds is 3. The first-order valence-corrected chi connectivity index (χ1v) is 5.52. The summed E-state index contributed by atoms with van der Waals surface area (Å²) in [6.07, 6.45) is 2.03. The SMILES string of the molecule is Cc1nc(OCC2CCOCC2)cc(=O)[nH]1. The van der Waals surface area contributed by atoms with Gasteiger partial charge in [-0.1, -0.05) is 0 Å². The van der Waals surface area contributed by atoms with E-state index < -0.39 is 0 Å². The molecule has 16 heavy (non-hydrogen) atoms. The van der Waals surface area contributed by atoms with Crippen molar-refractivity contribution in [1.29, 1.82) is 0 Å². The topological polar surface area (TPSA) is 64.2 Å².